The Labute approximate surface area is 166 Å². The van der Waals surface area contributed by atoms with Gasteiger partial charge >= 0.3 is 6.09 Å². The highest BCUT2D eigenvalue weighted by atomic mass is 35.5. The Hall–Kier alpha value is -2.32. The Bertz CT molecular complexity index is 805. The minimum atomic E-state index is -0.324. The Balaban J connectivity index is 1.62. The molecule has 1 N–H and O–H groups in total. The lowest BCUT2D eigenvalue weighted by Crippen LogP contribution is -2.50. The number of aromatic nitrogens is 1. The lowest BCUT2D eigenvalue weighted by molar-refractivity contribution is 0.0571. The summed E-state index contributed by atoms with van der Waals surface area (Å²) in [4.78, 5) is 33.2. The molecule has 0 saturated carbocycles. The molecule has 1 aliphatic heterocycles. The molecule has 2 heterocycles. The molecule has 1 saturated heterocycles. The number of hydrogen-bond acceptors (Lipinski definition) is 6. The average Bonchev–Trinajstić information content (AvgIpc) is 3.11. The fourth-order valence-electron chi connectivity index (χ4n) is 2.85. The van der Waals surface area contributed by atoms with Crippen LogP contribution in [0.2, 0.25) is 4.47 Å². The first-order valence-electron chi connectivity index (χ1n) is 8.72. The highest BCUT2D eigenvalue weighted by Gasteiger charge is 2.26. The molecule has 2 amide bonds. The van der Waals surface area contributed by atoms with Crippen LogP contribution in [-0.4, -0.2) is 59.6 Å². The van der Waals surface area contributed by atoms with E-state index in [-0.39, 0.29) is 12.0 Å². The van der Waals surface area contributed by atoms with Crippen LogP contribution in [0, 0.1) is 0 Å². The van der Waals surface area contributed by atoms with Crippen molar-refractivity contribution in [3.63, 3.8) is 0 Å². The molecule has 144 valence electrons. The summed E-state index contributed by atoms with van der Waals surface area (Å²) in [6, 6.07) is 7.42. The molecule has 0 radical (unpaired) electrons. The molecule has 0 atom stereocenters. The van der Waals surface area contributed by atoms with Gasteiger partial charge in [0.15, 0.2) is 4.47 Å². The number of thiazole rings is 1. The van der Waals surface area contributed by atoms with Crippen molar-refractivity contribution in [1.29, 1.82) is 0 Å². The van der Waals surface area contributed by atoms with Crippen molar-refractivity contribution in [2.75, 3.05) is 38.1 Å². The van der Waals surface area contributed by atoms with Crippen LogP contribution in [0.25, 0.3) is 0 Å². The van der Waals surface area contributed by atoms with Gasteiger partial charge in [-0.25, -0.2) is 9.78 Å². The molecular weight excluding hydrogens is 388 g/mol. The van der Waals surface area contributed by atoms with E-state index in [0.717, 1.165) is 10.6 Å². The van der Waals surface area contributed by atoms with Crippen LogP contribution in [0.3, 0.4) is 0 Å². The Kier molecular flexibility index (Phi) is 6.52. The number of halogens is 1. The van der Waals surface area contributed by atoms with Crippen LogP contribution < -0.4 is 5.32 Å². The van der Waals surface area contributed by atoms with Gasteiger partial charge in [-0.05, 0) is 19.1 Å². The SMILES string of the molecule is CCOC(=O)N1CCN(C(=O)c2ccccc2NCc2cnc(Cl)s2)CC1. The topological polar surface area (TPSA) is 74.8 Å². The zero-order valence-corrected chi connectivity index (χ0v) is 16.6. The summed E-state index contributed by atoms with van der Waals surface area (Å²) in [6.07, 6.45) is 1.40. The molecule has 1 fully saturated rings. The number of nitrogens with zero attached hydrogens (tertiary/aromatic N) is 3. The molecule has 0 unspecified atom stereocenters. The van der Waals surface area contributed by atoms with Crippen LogP contribution in [0.15, 0.2) is 30.5 Å². The van der Waals surface area contributed by atoms with Crippen molar-refractivity contribution < 1.29 is 14.3 Å². The van der Waals surface area contributed by atoms with Crippen LogP contribution >= 0.6 is 22.9 Å². The fourth-order valence-corrected chi connectivity index (χ4v) is 3.77. The summed E-state index contributed by atoms with van der Waals surface area (Å²) in [5.74, 6) is -0.0519. The number of nitrogens with one attached hydrogen (secondary N) is 1. The molecule has 0 bridgehead atoms. The van der Waals surface area contributed by atoms with Gasteiger partial charge in [-0.2, -0.15) is 0 Å². The van der Waals surface area contributed by atoms with Crippen molar-refractivity contribution in [3.05, 3.63) is 45.4 Å². The summed E-state index contributed by atoms with van der Waals surface area (Å²) in [6.45, 7) is 4.58. The van der Waals surface area contributed by atoms with Gasteiger partial charge in [0.25, 0.3) is 5.91 Å². The first-order chi connectivity index (χ1) is 13.1. The van der Waals surface area contributed by atoms with E-state index in [1.807, 2.05) is 24.3 Å². The van der Waals surface area contributed by atoms with Crippen LogP contribution in [-0.2, 0) is 11.3 Å². The number of amides is 2. The van der Waals surface area contributed by atoms with E-state index in [0.29, 0.717) is 49.4 Å². The first-order valence-corrected chi connectivity index (χ1v) is 9.92. The minimum absolute atomic E-state index is 0.0519. The zero-order chi connectivity index (χ0) is 19.2. The molecule has 9 heteroatoms. The van der Waals surface area contributed by atoms with E-state index in [1.54, 1.807) is 22.9 Å². The van der Waals surface area contributed by atoms with E-state index >= 15 is 0 Å². The molecule has 2 aromatic rings. The van der Waals surface area contributed by atoms with Gasteiger partial charge in [0.05, 0.1) is 18.7 Å². The monoisotopic (exact) mass is 408 g/mol. The Morgan fingerprint density at radius 1 is 1.22 bits per heavy atom. The molecule has 0 aliphatic carbocycles. The predicted molar refractivity (Wildman–Crippen MR) is 105 cm³/mol. The third-order valence-electron chi connectivity index (χ3n) is 4.23. The maximum absolute atomic E-state index is 13.0. The molecule has 1 aliphatic rings. The number of benzene rings is 1. The van der Waals surface area contributed by atoms with Gasteiger partial charge in [-0.15, -0.1) is 11.3 Å². The molecule has 3 rings (SSSR count). The number of carbonyl (C=O) groups is 2. The van der Waals surface area contributed by atoms with Crippen LogP contribution in [0.1, 0.15) is 22.2 Å². The zero-order valence-electron chi connectivity index (χ0n) is 15.0. The van der Waals surface area contributed by atoms with Crippen LogP contribution in [0.4, 0.5) is 10.5 Å². The van der Waals surface area contributed by atoms with Gasteiger partial charge in [0.1, 0.15) is 0 Å². The number of carbonyl (C=O) groups excluding carboxylic acids is 2. The number of rotatable bonds is 5. The summed E-state index contributed by atoms with van der Waals surface area (Å²) in [7, 11) is 0. The largest absolute Gasteiger partial charge is 0.450 e. The average molecular weight is 409 g/mol. The number of anilines is 1. The second kappa shape index (κ2) is 9.05. The van der Waals surface area contributed by atoms with E-state index < -0.39 is 0 Å². The second-order valence-electron chi connectivity index (χ2n) is 5.96. The highest BCUT2D eigenvalue weighted by molar-refractivity contribution is 7.15. The van der Waals surface area contributed by atoms with Crippen molar-refractivity contribution in [2.24, 2.45) is 0 Å². The van der Waals surface area contributed by atoms with Crippen molar-refractivity contribution in [3.8, 4) is 0 Å². The molecule has 1 aromatic heterocycles. The maximum atomic E-state index is 13.0. The predicted octanol–water partition coefficient (Wildman–Crippen LogP) is 3.32. The summed E-state index contributed by atoms with van der Waals surface area (Å²) >= 11 is 7.26. The van der Waals surface area contributed by atoms with E-state index in [4.69, 9.17) is 16.3 Å². The van der Waals surface area contributed by atoms with Gasteiger partial charge in [-0.1, -0.05) is 23.7 Å². The summed E-state index contributed by atoms with van der Waals surface area (Å²) < 4.78 is 5.51. The molecular formula is C18H21ClN4O3S. The first kappa shape index (κ1) is 19.4. The number of piperazine rings is 1. The standard InChI is InChI=1S/C18H21ClN4O3S/c1-2-26-18(25)23-9-7-22(8-10-23)16(24)14-5-3-4-6-15(14)20-11-13-12-21-17(19)27-13/h3-6,12,20H,2,7-11H2,1H3. The fraction of sp³-hybridized carbons (Fsp3) is 0.389. The van der Waals surface area contributed by atoms with Gasteiger partial charge in [-0.3, -0.25) is 4.79 Å². The number of hydrogen-bond donors (Lipinski definition) is 1. The Morgan fingerprint density at radius 3 is 2.59 bits per heavy atom. The third-order valence-corrected chi connectivity index (χ3v) is 5.34. The summed E-state index contributed by atoms with van der Waals surface area (Å²) in [5, 5.41) is 3.29. The molecule has 7 nitrogen and oxygen atoms in total. The second-order valence-corrected chi connectivity index (χ2v) is 7.65. The van der Waals surface area contributed by atoms with Crippen LogP contribution in [0.5, 0.6) is 0 Å². The third kappa shape index (κ3) is 4.90. The van der Waals surface area contributed by atoms with E-state index in [9.17, 15) is 9.59 Å². The normalized spacial score (nSPS) is 14.1. The lowest BCUT2D eigenvalue weighted by Gasteiger charge is -2.34. The van der Waals surface area contributed by atoms with Crippen molar-refractivity contribution in [1.82, 2.24) is 14.8 Å². The Morgan fingerprint density at radius 2 is 1.93 bits per heavy atom. The molecule has 0 spiro atoms. The van der Waals surface area contributed by atoms with Crippen molar-refractivity contribution in [2.45, 2.75) is 13.5 Å². The van der Waals surface area contributed by atoms with Gasteiger partial charge in [0.2, 0.25) is 0 Å². The van der Waals surface area contributed by atoms with E-state index in [1.165, 1.54) is 11.3 Å². The number of para-hydroxylation sites is 1. The maximum Gasteiger partial charge on any atom is 0.409 e. The summed E-state index contributed by atoms with van der Waals surface area (Å²) in [5.41, 5.74) is 1.37. The van der Waals surface area contributed by atoms with Gasteiger partial charge < -0.3 is 19.9 Å². The number of ether oxygens (including phenoxy) is 1. The highest BCUT2D eigenvalue weighted by Crippen LogP contribution is 2.22. The smallest absolute Gasteiger partial charge is 0.409 e. The van der Waals surface area contributed by atoms with Gasteiger partial charge in [0, 0.05) is 42.9 Å². The van der Waals surface area contributed by atoms with E-state index in [2.05, 4.69) is 10.3 Å². The quantitative estimate of drug-likeness (QED) is 0.821. The lowest BCUT2D eigenvalue weighted by atomic mass is 10.1. The van der Waals surface area contributed by atoms with Crippen molar-refractivity contribution >= 4 is 40.6 Å². The molecule has 1 aromatic carbocycles. The molecule has 27 heavy (non-hydrogen) atoms. The minimum Gasteiger partial charge on any atom is -0.450 e.